The van der Waals surface area contributed by atoms with Crippen LogP contribution in [0.4, 0.5) is 0 Å². The summed E-state index contributed by atoms with van der Waals surface area (Å²) in [6.07, 6.45) is 0.855. The van der Waals surface area contributed by atoms with Crippen molar-refractivity contribution in [2.24, 2.45) is 0 Å². The Morgan fingerprint density at radius 1 is 1.05 bits per heavy atom. The first kappa shape index (κ1) is 14.1. The molecular weight excluding hydrogens is 268 g/mol. The molecule has 0 spiro atoms. The summed E-state index contributed by atoms with van der Waals surface area (Å²) in [5.41, 5.74) is 1.95. The van der Waals surface area contributed by atoms with Crippen LogP contribution in [0.15, 0.2) is 60.7 Å². The minimum Gasteiger partial charge on any atom is -0.572 e. The van der Waals surface area contributed by atoms with Crippen molar-refractivity contribution in [1.29, 1.82) is 0 Å². The Bertz CT molecular complexity index is 620. The lowest BCUT2D eigenvalue weighted by molar-refractivity contribution is 0.104. The van der Waals surface area contributed by atoms with Gasteiger partial charge in [0.2, 0.25) is 0 Å². The summed E-state index contributed by atoms with van der Waals surface area (Å²) in [5.74, 6) is 0. The number of hydrogen-bond donors (Lipinski definition) is 0. The summed E-state index contributed by atoms with van der Waals surface area (Å²) in [5, 5.41) is 0. The van der Waals surface area contributed by atoms with Gasteiger partial charge in [0.05, 0.1) is 5.60 Å². The van der Waals surface area contributed by atoms with Gasteiger partial charge < -0.3 is 9.47 Å². The summed E-state index contributed by atoms with van der Waals surface area (Å²) in [4.78, 5) is 2.39. The quantitative estimate of drug-likeness (QED) is 0.787. The maximum atomic E-state index is 6.64. The Morgan fingerprint density at radius 2 is 1.59 bits per heavy atom. The highest BCUT2D eigenvalue weighted by Gasteiger charge is 2.53. The van der Waals surface area contributed by atoms with E-state index in [4.69, 9.17) is 12.4 Å². The van der Waals surface area contributed by atoms with Gasteiger partial charge in [-0.1, -0.05) is 60.7 Å². The van der Waals surface area contributed by atoms with Crippen LogP contribution < -0.4 is 0 Å². The van der Waals surface area contributed by atoms with Crippen LogP contribution in [-0.2, 0) is 10.3 Å². The molecule has 2 heterocycles. The lowest BCUT2D eigenvalue weighted by Gasteiger charge is -2.41. The second kappa shape index (κ2) is 5.00. The van der Waals surface area contributed by atoms with E-state index in [-0.39, 0.29) is 0 Å². The molecule has 22 heavy (non-hydrogen) atoms. The van der Waals surface area contributed by atoms with E-state index in [2.05, 4.69) is 65.5 Å². The van der Waals surface area contributed by atoms with Crippen molar-refractivity contribution in [3.05, 3.63) is 71.8 Å². The standard InChI is InChI=1S/C18H20B2NO/c1-20(19)21-14-8-13-17(21)18(22-20,15-9-4-2-5-10-15)16-11-6-3-7-12-16/h2-7,9-12,17H,8,13-14H2,1H3/q-1/t17-,20?/m1/s1. The maximum Gasteiger partial charge on any atom is 0.128 e. The molecule has 1 unspecified atom stereocenters. The van der Waals surface area contributed by atoms with Gasteiger partial charge in [-0.05, 0) is 30.5 Å². The molecule has 0 bridgehead atoms. The Labute approximate surface area is 133 Å². The van der Waals surface area contributed by atoms with E-state index in [0.717, 1.165) is 13.0 Å². The number of hydrogen-bond acceptors (Lipinski definition) is 2. The van der Waals surface area contributed by atoms with E-state index in [0.29, 0.717) is 6.04 Å². The summed E-state index contributed by atoms with van der Waals surface area (Å²) in [7, 11) is 6.58. The Hall–Kier alpha value is -1.51. The molecule has 0 saturated carbocycles. The Balaban J connectivity index is 1.95. The van der Waals surface area contributed by atoms with Gasteiger partial charge in [0.15, 0.2) is 0 Å². The smallest absolute Gasteiger partial charge is 0.128 e. The molecule has 0 aliphatic carbocycles. The van der Waals surface area contributed by atoms with Gasteiger partial charge in [-0.15, -0.1) is 7.74 Å². The number of rotatable bonds is 2. The van der Waals surface area contributed by atoms with Crippen LogP contribution in [0.25, 0.3) is 0 Å². The summed E-state index contributed by atoms with van der Waals surface area (Å²) in [6.45, 7) is 3.07. The van der Waals surface area contributed by atoms with Gasteiger partial charge >= 0.3 is 0 Å². The maximum absolute atomic E-state index is 6.64. The van der Waals surface area contributed by atoms with Crippen LogP contribution in [0, 0.1) is 0 Å². The van der Waals surface area contributed by atoms with Gasteiger partial charge in [0.25, 0.3) is 0 Å². The minimum atomic E-state index is -1.45. The molecule has 0 amide bonds. The predicted octanol–water partition coefficient (Wildman–Crippen LogP) is 3.16. The molecule has 2 aliphatic heterocycles. The van der Waals surface area contributed by atoms with Gasteiger partial charge in [0, 0.05) is 6.04 Å². The monoisotopic (exact) mass is 288 g/mol. The first-order valence-electron chi connectivity index (χ1n) is 8.20. The molecule has 2 radical (unpaired) electrons. The Morgan fingerprint density at radius 3 is 2.14 bits per heavy atom. The van der Waals surface area contributed by atoms with E-state index in [1.54, 1.807) is 0 Å². The minimum absolute atomic E-state index is 0.312. The molecule has 2 nitrogen and oxygen atoms in total. The van der Waals surface area contributed by atoms with Crippen molar-refractivity contribution in [3.8, 4) is 0 Å². The van der Waals surface area contributed by atoms with Gasteiger partial charge in [0.1, 0.15) is 6.37 Å². The van der Waals surface area contributed by atoms with Crippen molar-refractivity contribution in [2.75, 3.05) is 6.54 Å². The first-order chi connectivity index (χ1) is 10.6. The zero-order chi connectivity index (χ0) is 15.2. The average molecular weight is 288 g/mol. The molecule has 2 aromatic rings. The zero-order valence-corrected chi connectivity index (χ0v) is 13.0. The van der Waals surface area contributed by atoms with E-state index in [1.165, 1.54) is 17.5 Å². The van der Waals surface area contributed by atoms with Crippen molar-refractivity contribution in [3.63, 3.8) is 0 Å². The van der Waals surface area contributed by atoms with Crippen LogP contribution >= 0.6 is 0 Å². The van der Waals surface area contributed by atoms with E-state index >= 15 is 0 Å². The molecular formula is C18H20B2NO-. The summed E-state index contributed by atoms with van der Waals surface area (Å²) in [6, 6.07) is 21.4. The molecule has 2 aromatic carbocycles. The summed E-state index contributed by atoms with van der Waals surface area (Å²) >= 11 is 0. The molecule has 2 saturated heterocycles. The third-order valence-corrected chi connectivity index (χ3v) is 5.25. The SMILES string of the molecule is [B][B-]1(C)OC(c2ccccc2)(c2ccccc2)[C@H]2CCCN21. The lowest BCUT2D eigenvalue weighted by atomic mass is 9.34. The van der Waals surface area contributed by atoms with Gasteiger partial charge in [-0.3, -0.25) is 0 Å². The molecule has 0 aromatic heterocycles. The normalized spacial score (nSPS) is 30.3. The molecule has 4 heteroatoms. The van der Waals surface area contributed by atoms with Crippen molar-refractivity contribution in [2.45, 2.75) is 31.3 Å². The number of fused-ring (bicyclic) bond motifs is 1. The fourth-order valence-corrected chi connectivity index (χ4v) is 4.42. The molecule has 2 aliphatic rings. The Kier molecular flexibility index (Phi) is 3.21. The molecule has 2 fully saturated rings. The van der Waals surface area contributed by atoms with Gasteiger partial charge in [-0.25, -0.2) is 0 Å². The summed E-state index contributed by atoms with van der Waals surface area (Å²) < 4.78 is 6.64. The van der Waals surface area contributed by atoms with Gasteiger partial charge in [-0.2, -0.15) is 6.82 Å². The third-order valence-electron chi connectivity index (χ3n) is 5.25. The number of benzene rings is 2. The van der Waals surface area contributed by atoms with Crippen LogP contribution in [-0.4, -0.2) is 31.5 Å². The van der Waals surface area contributed by atoms with Crippen LogP contribution in [0.3, 0.4) is 0 Å². The predicted molar refractivity (Wildman–Crippen MR) is 91.8 cm³/mol. The average Bonchev–Trinajstić information content (AvgIpc) is 3.12. The van der Waals surface area contributed by atoms with Crippen LogP contribution in [0.1, 0.15) is 24.0 Å². The lowest BCUT2D eigenvalue weighted by Crippen LogP contribution is -2.49. The molecule has 2 atom stereocenters. The van der Waals surface area contributed by atoms with Crippen LogP contribution in [0.5, 0.6) is 0 Å². The van der Waals surface area contributed by atoms with E-state index in [1.807, 2.05) is 6.82 Å². The van der Waals surface area contributed by atoms with Crippen molar-refractivity contribution < 1.29 is 4.65 Å². The fourth-order valence-electron chi connectivity index (χ4n) is 4.42. The zero-order valence-electron chi connectivity index (χ0n) is 13.0. The largest absolute Gasteiger partial charge is 0.572 e. The highest BCUT2D eigenvalue weighted by atomic mass is 16.5. The topological polar surface area (TPSA) is 12.5 Å². The molecule has 0 N–H and O–H groups in total. The third kappa shape index (κ3) is 1.90. The first-order valence-corrected chi connectivity index (χ1v) is 8.20. The molecule has 110 valence electrons. The van der Waals surface area contributed by atoms with E-state index < -0.39 is 12.0 Å². The second-order valence-electron chi connectivity index (χ2n) is 6.70. The fraction of sp³-hybridized carbons (Fsp3) is 0.333. The number of nitrogens with zero attached hydrogens (tertiary/aromatic N) is 1. The highest BCUT2D eigenvalue weighted by Crippen LogP contribution is 2.51. The van der Waals surface area contributed by atoms with Crippen LogP contribution in [0.2, 0.25) is 6.82 Å². The van der Waals surface area contributed by atoms with Crippen molar-refractivity contribution >= 4 is 14.1 Å². The van der Waals surface area contributed by atoms with E-state index in [9.17, 15) is 0 Å². The van der Waals surface area contributed by atoms with Crippen molar-refractivity contribution in [1.82, 2.24) is 4.81 Å². The molecule has 4 rings (SSSR count). The highest BCUT2D eigenvalue weighted by molar-refractivity contribution is 7.11. The second-order valence-corrected chi connectivity index (χ2v) is 6.70.